The number of hydrogen-bond donors (Lipinski definition) is 5. The minimum Gasteiger partial charge on any atom is -0.496 e. The summed E-state index contributed by atoms with van der Waals surface area (Å²) in [5.41, 5.74) is 8.10. The number of hydrogen-bond acceptors (Lipinski definition) is 17. The highest BCUT2D eigenvalue weighted by molar-refractivity contribution is 6.06. The number of methoxy groups -OCH3 is 3. The zero-order chi connectivity index (χ0) is 59.1. The van der Waals surface area contributed by atoms with Gasteiger partial charge in [-0.15, -0.1) is 12.4 Å². The summed E-state index contributed by atoms with van der Waals surface area (Å²) in [5, 5.41) is 30.6. The molecule has 86 heavy (non-hydrogen) atoms. The van der Waals surface area contributed by atoms with Crippen LogP contribution in [0, 0.1) is 0 Å². The number of aromatic carboxylic acids is 1. The molecule has 22 nitrogen and oxygen atoms in total. The van der Waals surface area contributed by atoms with Crippen LogP contribution in [0.5, 0.6) is 11.5 Å². The summed E-state index contributed by atoms with van der Waals surface area (Å²) < 4.78 is 18.7. The Morgan fingerprint density at radius 1 is 0.547 bits per heavy atom. The predicted octanol–water partition coefficient (Wildman–Crippen LogP) is 11.5. The number of carbonyl (C=O) groups excluding carboxylic acids is 3. The van der Waals surface area contributed by atoms with E-state index in [2.05, 4.69) is 65.1 Å². The van der Waals surface area contributed by atoms with E-state index in [9.17, 15) is 24.3 Å². The average molecular weight is 1180 g/mol. The van der Waals surface area contributed by atoms with Crippen molar-refractivity contribution in [3.8, 4) is 33.8 Å². The van der Waals surface area contributed by atoms with E-state index in [1.165, 1.54) is 52.2 Å². The highest BCUT2D eigenvalue weighted by Gasteiger charge is 2.24. The van der Waals surface area contributed by atoms with Crippen LogP contribution in [0.1, 0.15) is 81.0 Å². The van der Waals surface area contributed by atoms with Gasteiger partial charge in [0.05, 0.1) is 32.7 Å². The first-order valence-corrected chi connectivity index (χ1v) is 27.5. The second-order valence-electron chi connectivity index (χ2n) is 20.4. The number of benzene rings is 4. The van der Waals surface area contributed by atoms with Crippen molar-refractivity contribution in [2.75, 3.05) is 65.5 Å². The summed E-state index contributed by atoms with van der Waals surface area (Å²) in [7, 11) is 4.13. The SMILES string of the molecule is COC(=O)c1ccc(NC(=O)c2cccc(-c3cc(Nc4cccc(N5CCCC5C)n4)c4ncnn4c3)c2)cc1OC.COc1cc(NC(=O)c2cccc(-c3cc(Nc4cccc(N5CCCC5C)n4)c4ncnn4c3)c2)ccc1C(=O)O.Cl. The lowest BCUT2D eigenvalue weighted by Gasteiger charge is -2.23. The maximum Gasteiger partial charge on any atom is 0.341 e. The van der Waals surface area contributed by atoms with E-state index in [4.69, 9.17) is 24.2 Å². The first kappa shape index (κ1) is 58.6. The van der Waals surface area contributed by atoms with Gasteiger partial charge in [-0.05, 0) is 136 Å². The third-order valence-electron chi connectivity index (χ3n) is 14.9. The standard InChI is InChI=1S/C32H31N7O4.C31H29N7O4.ClH/c1-20-7-6-14-38(20)29-11-5-10-28(37-29)36-26-16-23(18-39-30(26)33-19-34-39)21-8-4-9-22(15-21)31(40)35-24-12-13-25(32(41)43-3)27(17-24)42-2;1-19-6-5-13-37(19)28-10-4-9-27(36-28)35-25-15-22(17-38-29(25)32-18-33-38)20-7-3-8-21(14-20)30(39)34-23-11-12-24(31(40)41)26(16-23)42-2;/h4-5,8-13,15-20H,6-7,14H2,1-3H3,(H,35,40)(H,36,37);3-4,7-12,14-19H,5-6,13H2,1-2H3,(H,34,39)(H,35,36)(H,40,41);1H. The molecule has 4 aromatic carbocycles. The van der Waals surface area contributed by atoms with Gasteiger partial charge in [0.25, 0.3) is 11.8 Å². The van der Waals surface area contributed by atoms with Crippen LogP contribution in [0.4, 0.5) is 46.0 Å². The van der Waals surface area contributed by atoms with Crippen LogP contribution in [0.25, 0.3) is 33.5 Å². The lowest BCUT2D eigenvalue weighted by Crippen LogP contribution is -2.27. The summed E-state index contributed by atoms with van der Waals surface area (Å²) in [5.74, 6) is 1.45. The van der Waals surface area contributed by atoms with Crippen molar-refractivity contribution < 1.29 is 38.5 Å². The fourth-order valence-corrected chi connectivity index (χ4v) is 10.6. The van der Waals surface area contributed by atoms with E-state index in [0.29, 0.717) is 63.3 Å². The van der Waals surface area contributed by atoms with Crippen molar-refractivity contribution in [2.45, 2.75) is 51.6 Å². The molecule has 10 aromatic rings. The fraction of sp³-hybridized carbons (Fsp3) is 0.206. The van der Waals surface area contributed by atoms with Crippen molar-refractivity contribution in [1.29, 1.82) is 0 Å². The Balaban J connectivity index is 0.000000189. The Kier molecular flexibility index (Phi) is 17.6. The van der Waals surface area contributed by atoms with Gasteiger partial charge >= 0.3 is 11.9 Å². The minimum atomic E-state index is -1.11. The monoisotopic (exact) mass is 1180 g/mol. The number of ether oxygens (including phenoxy) is 3. The van der Waals surface area contributed by atoms with E-state index in [1.807, 2.05) is 85.2 Å². The summed E-state index contributed by atoms with van der Waals surface area (Å²) in [4.78, 5) is 73.0. The van der Waals surface area contributed by atoms with E-state index in [0.717, 1.165) is 84.0 Å². The lowest BCUT2D eigenvalue weighted by atomic mass is 10.0. The Labute approximate surface area is 500 Å². The van der Waals surface area contributed by atoms with Gasteiger partial charge in [0.2, 0.25) is 0 Å². The van der Waals surface area contributed by atoms with Gasteiger partial charge in [-0.3, -0.25) is 9.59 Å². The number of aromatic nitrogens is 8. The van der Waals surface area contributed by atoms with Gasteiger partial charge in [0.15, 0.2) is 11.3 Å². The van der Waals surface area contributed by atoms with Crippen molar-refractivity contribution >= 4 is 93.5 Å². The number of anilines is 8. The summed E-state index contributed by atoms with van der Waals surface area (Å²) in [6, 6.07) is 40.4. The molecule has 0 radical (unpaired) electrons. The molecule has 6 aromatic heterocycles. The van der Waals surface area contributed by atoms with Gasteiger partial charge in [-0.1, -0.05) is 36.4 Å². The number of carboxylic acid groups (broad SMARTS) is 1. The Bertz CT molecular complexity index is 4160. The van der Waals surface area contributed by atoms with Crippen LogP contribution in [0.15, 0.2) is 159 Å². The molecule has 2 unspecified atom stereocenters. The van der Waals surface area contributed by atoms with Crippen molar-refractivity contribution in [2.24, 2.45) is 0 Å². The predicted molar refractivity (Wildman–Crippen MR) is 331 cm³/mol. The molecule has 0 spiro atoms. The molecule has 5 N–H and O–H groups in total. The zero-order valence-corrected chi connectivity index (χ0v) is 48.4. The molecule has 2 aliphatic rings. The first-order valence-electron chi connectivity index (χ1n) is 27.5. The Hall–Kier alpha value is -10.6. The summed E-state index contributed by atoms with van der Waals surface area (Å²) in [6.07, 6.45) is 11.4. The van der Waals surface area contributed by atoms with E-state index < -0.39 is 11.9 Å². The van der Waals surface area contributed by atoms with Crippen LogP contribution in [-0.2, 0) is 4.74 Å². The van der Waals surface area contributed by atoms with Crippen LogP contribution in [-0.4, -0.2) is 115 Å². The molecule has 8 heterocycles. The smallest absolute Gasteiger partial charge is 0.341 e. The van der Waals surface area contributed by atoms with Crippen LogP contribution >= 0.6 is 12.4 Å². The third-order valence-corrected chi connectivity index (χ3v) is 14.9. The Morgan fingerprint density at radius 2 is 1.00 bits per heavy atom. The number of fused-ring (bicyclic) bond motifs is 2. The quantitative estimate of drug-likeness (QED) is 0.0563. The minimum absolute atomic E-state index is 0. The molecule has 2 aliphatic heterocycles. The molecular formula is C63H61ClN14O8. The van der Waals surface area contributed by atoms with Crippen LogP contribution < -0.4 is 40.5 Å². The average Bonchev–Trinajstić information content (AvgIpc) is 2.44. The molecule has 2 amide bonds. The Morgan fingerprint density at radius 3 is 1.43 bits per heavy atom. The molecule has 2 fully saturated rings. The molecule has 438 valence electrons. The highest BCUT2D eigenvalue weighted by atomic mass is 35.5. The molecule has 0 bridgehead atoms. The van der Waals surface area contributed by atoms with Gasteiger partial charge < -0.3 is 50.4 Å². The number of amides is 2. The van der Waals surface area contributed by atoms with Gasteiger partial charge in [0.1, 0.15) is 58.6 Å². The van der Waals surface area contributed by atoms with Crippen LogP contribution in [0.3, 0.4) is 0 Å². The molecule has 12 rings (SSSR count). The van der Waals surface area contributed by atoms with Crippen molar-refractivity contribution in [1.82, 2.24) is 39.2 Å². The number of carbonyl (C=O) groups is 4. The zero-order valence-electron chi connectivity index (χ0n) is 47.6. The number of pyridine rings is 4. The van der Waals surface area contributed by atoms with Gasteiger partial charge in [-0.25, -0.2) is 38.6 Å². The lowest BCUT2D eigenvalue weighted by molar-refractivity contribution is 0.0596. The first-order chi connectivity index (χ1) is 41.3. The fourth-order valence-electron chi connectivity index (χ4n) is 10.6. The molecule has 2 saturated heterocycles. The van der Waals surface area contributed by atoms with Crippen LogP contribution in [0.2, 0.25) is 0 Å². The number of carboxylic acids is 1. The second-order valence-corrected chi connectivity index (χ2v) is 20.4. The van der Waals surface area contributed by atoms with Gasteiger partial charge in [0, 0.05) is 83.3 Å². The summed E-state index contributed by atoms with van der Waals surface area (Å²) in [6.45, 7) is 6.44. The largest absolute Gasteiger partial charge is 0.496 e. The topological polar surface area (TPSA) is 257 Å². The number of nitrogens with one attached hydrogen (secondary N) is 4. The van der Waals surface area contributed by atoms with Crippen molar-refractivity contribution in [3.63, 3.8) is 0 Å². The maximum absolute atomic E-state index is 13.2. The highest BCUT2D eigenvalue weighted by Crippen LogP contribution is 2.34. The second kappa shape index (κ2) is 25.9. The molecule has 0 saturated carbocycles. The van der Waals surface area contributed by atoms with E-state index in [-0.39, 0.29) is 41.1 Å². The maximum atomic E-state index is 13.2. The number of rotatable bonds is 16. The molecule has 0 aliphatic carbocycles. The number of halogens is 1. The molecular weight excluding hydrogens is 1120 g/mol. The number of nitrogens with zero attached hydrogens (tertiary/aromatic N) is 10. The normalized spacial score (nSPS) is 14.4. The number of esters is 1. The summed E-state index contributed by atoms with van der Waals surface area (Å²) >= 11 is 0. The van der Waals surface area contributed by atoms with Crippen molar-refractivity contribution in [3.05, 3.63) is 181 Å². The third kappa shape index (κ3) is 12.8. The van der Waals surface area contributed by atoms with Gasteiger partial charge in [-0.2, -0.15) is 10.2 Å². The van der Waals surface area contributed by atoms with E-state index in [1.54, 1.807) is 51.5 Å². The molecule has 23 heteroatoms. The molecule has 2 atom stereocenters. The van der Waals surface area contributed by atoms with E-state index >= 15 is 0 Å².